The van der Waals surface area contributed by atoms with Crippen molar-refractivity contribution in [3.8, 4) is 11.5 Å². The normalized spacial score (nSPS) is 20.2. The second kappa shape index (κ2) is 5.18. The van der Waals surface area contributed by atoms with Gasteiger partial charge in [0.1, 0.15) is 0 Å². The van der Waals surface area contributed by atoms with Crippen molar-refractivity contribution in [3.05, 3.63) is 34.5 Å². The zero-order chi connectivity index (χ0) is 14.1. The van der Waals surface area contributed by atoms with Crippen LogP contribution >= 0.6 is 0 Å². The smallest absolute Gasteiger partial charge is 0.258 e. The second-order valence-electron chi connectivity index (χ2n) is 5.02. The maximum atomic E-state index is 11.6. The molecule has 0 spiro atoms. The largest absolute Gasteiger partial charge is 0.334 e. The number of aryl methyl sites for hydroxylation is 1. The number of hydrogen-bond donors (Lipinski definition) is 1. The first kappa shape index (κ1) is 13.0. The summed E-state index contributed by atoms with van der Waals surface area (Å²) in [6.45, 7) is 2.71. The van der Waals surface area contributed by atoms with Crippen LogP contribution in [-0.2, 0) is 7.05 Å². The molecule has 1 fully saturated rings. The molecule has 0 aliphatic carbocycles. The molecule has 1 unspecified atom stereocenters. The van der Waals surface area contributed by atoms with Gasteiger partial charge in [-0.15, -0.1) is 0 Å². The summed E-state index contributed by atoms with van der Waals surface area (Å²) in [7, 11) is 3.74. The average Bonchev–Trinajstić information content (AvgIpc) is 2.92. The Morgan fingerprint density at radius 2 is 2.30 bits per heavy atom. The van der Waals surface area contributed by atoms with Gasteiger partial charge in [0.15, 0.2) is 5.82 Å². The van der Waals surface area contributed by atoms with Gasteiger partial charge in [-0.2, -0.15) is 4.98 Å². The van der Waals surface area contributed by atoms with E-state index in [4.69, 9.17) is 4.52 Å². The molecule has 2 aromatic heterocycles. The predicted octanol–water partition coefficient (Wildman–Crippen LogP) is 0.0114. The fourth-order valence-electron chi connectivity index (χ4n) is 2.26. The van der Waals surface area contributed by atoms with E-state index in [1.54, 1.807) is 19.3 Å². The van der Waals surface area contributed by atoms with Crippen molar-refractivity contribution in [1.82, 2.24) is 24.9 Å². The SMILES string of the molecule is CN1CCNCC1c1noc(-c2ccn(C)c(=O)c2)n1. The fraction of sp³-hybridized carbons (Fsp3) is 0.462. The number of rotatable bonds is 2. The third kappa shape index (κ3) is 2.37. The maximum absolute atomic E-state index is 11.6. The Hall–Kier alpha value is -1.99. The highest BCUT2D eigenvalue weighted by Gasteiger charge is 2.25. The van der Waals surface area contributed by atoms with E-state index in [-0.39, 0.29) is 11.6 Å². The number of piperazine rings is 1. The van der Waals surface area contributed by atoms with Gasteiger partial charge in [0.25, 0.3) is 11.4 Å². The van der Waals surface area contributed by atoms with E-state index in [1.807, 2.05) is 7.05 Å². The summed E-state index contributed by atoms with van der Waals surface area (Å²) in [5, 5.41) is 7.35. The first-order valence-corrected chi connectivity index (χ1v) is 6.57. The molecule has 3 heterocycles. The lowest BCUT2D eigenvalue weighted by atomic mass is 10.2. The van der Waals surface area contributed by atoms with E-state index in [9.17, 15) is 4.79 Å². The van der Waals surface area contributed by atoms with Crippen LogP contribution in [0.15, 0.2) is 27.6 Å². The Labute approximate surface area is 116 Å². The standard InChI is InChI=1S/C13H17N5O2/c1-17-6-4-14-8-10(17)12-15-13(20-16-12)9-3-5-18(2)11(19)7-9/h3,5,7,10,14H,4,6,8H2,1-2H3. The van der Waals surface area contributed by atoms with Crippen molar-refractivity contribution in [3.63, 3.8) is 0 Å². The van der Waals surface area contributed by atoms with Gasteiger partial charge in [-0.05, 0) is 13.1 Å². The number of nitrogens with one attached hydrogen (secondary N) is 1. The molecular formula is C13H17N5O2. The predicted molar refractivity (Wildman–Crippen MR) is 73.2 cm³/mol. The fourth-order valence-corrected chi connectivity index (χ4v) is 2.26. The summed E-state index contributed by atoms with van der Waals surface area (Å²) < 4.78 is 6.78. The second-order valence-corrected chi connectivity index (χ2v) is 5.02. The highest BCUT2D eigenvalue weighted by atomic mass is 16.5. The Morgan fingerprint density at radius 1 is 1.45 bits per heavy atom. The molecule has 0 aromatic carbocycles. The van der Waals surface area contributed by atoms with Gasteiger partial charge in [-0.25, -0.2) is 0 Å². The topological polar surface area (TPSA) is 76.2 Å². The lowest BCUT2D eigenvalue weighted by molar-refractivity contribution is 0.190. The minimum atomic E-state index is -0.0984. The van der Waals surface area contributed by atoms with Crippen molar-refractivity contribution >= 4 is 0 Å². The summed E-state index contributed by atoms with van der Waals surface area (Å²) in [6, 6.07) is 3.40. The van der Waals surface area contributed by atoms with Crippen molar-refractivity contribution in [2.75, 3.05) is 26.7 Å². The average molecular weight is 275 g/mol. The van der Waals surface area contributed by atoms with Crippen molar-refractivity contribution in [1.29, 1.82) is 0 Å². The van der Waals surface area contributed by atoms with Crippen LogP contribution in [0.25, 0.3) is 11.5 Å². The molecule has 0 radical (unpaired) electrons. The van der Waals surface area contributed by atoms with E-state index >= 15 is 0 Å². The number of hydrogen-bond acceptors (Lipinski definition) is 6. The van der Waals surface area contributed by atoms with Gasteiger partial charge < -0.3 is 14.4 Å². The van der Waals surface area contributed by atoms with Gasteiger partial charge >= 0.3 is 0 Å². The van der Waals surface area contributed by atoms with Crippen LogP contribution in [0, 0.1) is 0 Å². The van der Waals surface area contributed by atoms with Crippen LogP contribution in [0.3, 0.4) is 0 Å². The van der Waals surface area contributed by atoms with Crippen molar-refractivity contribution < 1.29 is 4.52 Å². The highest BCUT2D eigenvalue weighted by Crippen LogP contribution is 2.21. The minimum Gasteiger partial charge on any atom is -0.334 e. The molecule has 7 nitrogen and oxygen atoms in total. The molecule has 20 heavy (non-hydrogen) atoms. The van der Waals surface area contributed by atoms with E-state index in [0.717, 1.165) is 19.6 Å². The minimum absolute atomic E-state index is 0.0984. The first-order chi connectivity index (χ1) is 9.65. The summed E-state index contributed by atoms with van der Waals surface area (Å²) in [4.78, 5) is 18.2. The molecule has 1 saturated heterocycles. The third-order valence-corrected chi connectivity index (χ3v) is 3.60. The maximum Gasteiger partial charge on any atom is 0.258 e. The zero-order valence-corrected chi connectivity index (χ0v) is 11.5. The molecule has 1 atom stereocenters. The van der Waals surface area contributed by atoms with Crippen molar-refractivity contribution in [2.24, 2.45) is 7.05 Å². The third-order valence-electron chi connectivity index (χ3n) is 3.60. The number of nitrogens with zero attached hydrogens (tertiary/aromatic N) is 4. The summed E-state index contributed by atoms with van der Waals surface area (Å²) in [6.07, 6.45) is 1.69. The molecule has 0 saturated carbocycles. The van der Waals surface area contributed by atoms with Gasteiger partial charge in [-0.1, -0.05) is 5.16 Å². The number of aromatic nitrogens is 3. The van der Waals surface area contributed by atoms with Gasteiger partial charge in [-0.3, -0.25) is 9.69 Å². The molecule has 1 N–H and O–H groups in total. The summed E-state index contributed by atoms with van der Waals surface area (Å²) in [5.74, 6) is 1.03. The van der Waals surface area contributed by atoms with Gasteiger partial charge in [0.05, 0.1) is 6.04 Å². The van der Waals surface area contributed by atoms with Crippen LogP contribution in [0.4, 0.5) is 0 Å². The van der Waals surface area contributed by atoms with Crippen molar-refractivity contribution in [2.45, 2.75) is 6.04 Å². The van der Waals surface area contributed by atoms with Crippen LogP contribution in [0.5, 0.6) is 0 Å². The first-order valence-electron chi connectivity index (χ1n) is 6.57. The van der Waals surface area contributed by atoms with Gasteiger partial charge in [0.2, 0.25) is 0 Å². The Balaban J connectivity index is 1.89. The van der Waals surface area contributed by atoms with Crippen LogP contribution in [0.1, 0.15) is 11.9 Å². The molecule has 1 aliphatic heterocycles. The van der Waals surface area contributed by atoms with E-state index < -0.39 is 0 Å². The lowest BCUT2D eigenvalue weighted by Crippen LogP contribution is -2.44. The molecule has 2 aromatic rings. The van der Waals surface area contributed by atoms with E-state index in [1.165, 1.54) is 10.6 Å². The highest BCUT2D eigenvalue weighted by molar-refractivity contribution is 5.51. The van der Waals surface area contributed by atoms with Gasteiger partial charge in [0, 0.05) is 44.5 Å². The molecular weight excluding hydrogens is 258 g/mol. The number of pyridine rings is 1. The Morgan fingerprint density at radius 3 is 3.05 bits per heavy atom. The monoisotopic (exact) mass is 275 g/mol. The summed E-state index contributed by atoms with van der Waals surface area (Å²) >= 11 is 0. The van der Waals surface area contributed by atoms with E-state index in [2.05, 4.69) is 20.4 Å². The summed E-state index contributed by atoms with van der Waals surface area (Å²) in [5.41, 5.74) is 0.553. The van der Waals surface area contributed by atoms with Crippen LogP contribution in [-0.4, -0.2) is 46.3 Å². The Kier molecular flexibility index (Phi) is 3.37. The molecule has 106 valence electrons. The number of likely N-dealkylation sites (N-methyl/N-ethyl adjacent to an activating group) is 1. The van der Waals surface area contributed by atoms with Crippen LogP contribution < -0.4 is 10.9 Å². The Bertz CT molecular complexity index is 663. The molecule has 0 amide bonds. The molecule has 0 bridgehead atoms. The van der Waals surface area contributed by atoms with E-state index in [0.29, 0.717) is 17.3 Å². The molecule has 3 rings (SSSR count). The zero-order valence-electron chi connectivity index (χ0n) is 11.5. The molecule has 1 aliphatic rings. The quantitative estimate of drug-likeness (QED) is 0.832. The molecule has 7 heteroatoms. The van der Waals surface area contributed by atoms with Crippen LogP contribution in [0.2, 0.25) is 0 Å². The lowest BCUT2D eigenvalue weighted by Gasteiger charge is -2.30.